The summed E-state index contributed by atoms with van der Waals surface area (Å²) in [5.41, 5.74) is 16.6. The Morgan fingerprint density at radius 3 is 2.48 bits per heavy atom. The van der Waals surface area contributed by atoms with Crippen LogP contribution in [0.3, 0.4) is 0 Å². The van der Waals surface area contributed by atoms with Crippen LogP contribution in [-0.2, 0) is 5.79 Å². The summed E-state index contributed by atoms with van der Waals surface area (Å²) < 4.78 is 2.01. The van der Waals surface area contributed by atoms with E-state index in [4.69, 9.17) is 11.5 Å². The lowest BCUT2D eigenvalue weighted by Gasteiger charge is -2.33. The summed E-state index contributed by atoms with van der Waals surface area (Å²) in [5.74, 6) is 0.791. The van der Waals surface area contributed by atoms with Gasteiger partial charge in [-0.15, -0.1) is 0 Å². The fourth-order valence-electron chi connectivity index (χ4n) is 3.36. The second kappa shape index (κ2) is 6.14. The van der Waals surface area contributed by atoms with Crippen LogP contribution in [0.5, 0.6) is 0 Å². The molecule has 7 heteroatoms. The third-order valence-corrected chi connectivity index (χ3v) is 4.70. The van der Waals surface area contributed by atoms with Crippen LogP contribution in [0.1, 0.15) is 11.4 Å². The van der Waals surface area contributed by atoms with E-state index in [1.807, 2.05) is 79.0 Å². The number of nitrogens with zero attached hydrogens (tertiary/aromatic N) is 4. The molecule has 0 fully saturated rings. The number of anilines is 1. The number of benzene rings is 2. The van der Waals surface area contributed by atoms with Gasteiger partial charge in [0, 0.05) is 31.4 Å². The molecular weight excluding hydrogens is 338 g/mol. The summed E-state index contributed by atoms with van der Waals surface area (Å²) in [4.78, 5) is 11.1. The van der Waals surface area contributed by atoms with Crippen molar-refractivity contribution in [2.75, 3.05) is 19.0 Å². The number of amidine groups is 1. The number of aryl methyl sites for hydroxylation is 1. The van der Waals surface area contributed by atoms with Gasteiger partial charge in [-0.1, -0.05) is 24.3 Å². The third kappa shape index (κ3) is 2.92. The van der Waals surface area contributed by atoms with E-state index < -0.39 is 5.79 Å². The summed E-state index contributed by atoms with van der Waals surface area (Å²) in [6.07, 6.45) is 1.78. The standard InChI is InChI=1S/C20H23N7/c1-13-23-16-6-4-5-7-17(16)27(13)19-12-18(21)24-20(22,25-19)14-8-10-15(11-9-14)26(2)3/h4-12,25H,22H2,1-3H3,(H2,21,24). The molecule has 0 amide bonds. The number of para-hydroxylation sites is 2. The maximum absolute atomic E-state index is 6.62. The first-order chi connectivity index (χ1) is 12.9. The summed E-state index contributed by atoms with van der Waals surface area (Å²) in [7, 11) is 3.99. The normalized spacial score (nSPS) is 19.4. The quantitative estimate of drug-likeness (QED) is 0.662. The molecule has 0 aliphatic carbocycles. The van der Waals surface area contributed by atoms with Crippen molar-refractivity contribution in [1.82, 2.24) is 14.9 Å². The Morgan fingerprint density at radius 2 is 1.78 bits per heavy atom. The SMILES string of the molecule is Cc1nc2ccccc2n1C1=CC(N)=NC(N)(c2ccc(N(C)C)cc2)N1. The zero-order valence-electron chi connectivity index (χ0n) is 15.6. The van der Waals surface area contributed by atoms with E-state index in [0.717, 1.165) is 33.9 Å². The molecule has 1 atom stereocenters. The van der Waals surface area contributed by atoms with Crippen molar-refractivity contribution in [2.45, 2.75) is 12.7 Å². The average Bonchev–Trinajstić information content (AvgIpc) is 2.96. The molecule has 2 aromatic carbocycles. The number of aliphatic imine (C=N–C) groups is 1. The fourth-order valence-corrected chi connectivity index (χ4v) is 3.36. The van der Waals surface area contributed by atoms with Gasteiger partial charge in [0.15, 0.2) is 0 Å². The lowest BCUT2D eigenvalue weighted by Crippen LogP contribution is -2.52. The first kappa shape index (κ1) is 17.1. The van der Waals surface area contributed by atoms with Crippen molar-refractivity contribution in [3.63, 3.8) is 0 Å². The highest BCUT2D eigenvalue weighted by Gasteiger charge is 2.32. The van der Waals surface area contributed by atoms with Gasteiger partial charge in [0.2, 0.25) is 5.79 Å². The van der Waals surface area contributed by atoms with Gasteiger partial charge in [0.1, 0.15) is 17.5 Å². The highest BCUT2D eigenvalue weighted by Crippen LogP contribution is 2.27. The van der Waals surface area contributed by atoms with Gasteiger partial charge in [-0.3, -0.25) is 10.3 Å². The van der Waals surface area contributed by atoms with Crippen LogP contribution >= 0.6 is 0 Å². The van der Waals surface area contributed by atoms with E-state index in [1.165, 1.54) is 0 Å². The maximum Gasteiger partial charge on any atom is 0.212 e. The number of hydrogen-bond donors (Lipinski definition) is 3. The predicted octanol–water partition coefficient (Wildman–Crippen LogP) is 1.94. The minimum atomic E-state index is -1.16. The predicted molar refractivity (Wildman–Crippen MR) is 110 cm³/mol. The lowest BCUT2D eigenvalue weighted by molar-refractivity contribution is 0.411. The van der Waals surface area contributed by atoms with Gasteiger partial charge in [-0.05, 0) is 31.2 Å². The molecule has 0 saturated carbocycles. The molecule has 3 aromatic rings. The molecule has 1 unspecified atom stereocenters. The molecular formula is C20H23N7. The first-order valence-corrected chi connectivity index (χ1v) is 8.74. The van der Waals surface area contributed by atoms with Gasteiger partial charge in [0.25, 0.3) is 0 Å². The van der Waals surface area contributed by atoms with Crippen LogP contribution < -0.4 is 21.7 Å². The molecule has 1 aliphatic rings. The summed E-state index contributed by atoms with van der Waals surface area (Å²) in [6, 6.07) is 15.9. The van der Waals surface area contributed by atoms with Gasteiger partial charge in [-0.25, -0.2) is 9.98 Å². The van der Waals surface area contributed by atoms with Crippen LogP contribution in [0.25, 0.3) is 16.9 Å². The molecule has 0 spiro atoms. The highest BCUT2D eigenvalue weighted by atomic mass is 15.3. The first-order valence-electron chi connectivity index (χ1n) is 8.74. The van der Waals surface area contributed by atoms with Crippen molar-refractivity contribution >= 4 is 28.4 Å². The molecule has 7 nitrogen and oxygen atoms in total. The second-order valence-electron chi connectivity index (χ2n) is 6.88. The van der Waals surface area contributed by atoms with Crippen molar-refractivity contribution in [2.24, 2.45) is 16.5 Å². The lowest BCUT2D eigenvalue weighted by atomic mass is 10.1. The minimum Gasteiger partial charge on any atom is -0.384 e. The van der Waals surface area contributed by atoms with Crippen LogP contribution in [0.15, 0.2) is 59.6 Å². The van der Waals surface area contributed by atoms with E-state index in [-0.39, 0.29) is 0 Å². The summed E-state index contributed by atoms with van der Waals surface area (Å²) in [5, 5.41) is 3.34. The Hall–Kier alpha value is -3.32. The monoisotopic (exact) mass is 361 g/mol. The molecule has 1 aromatic heterocycles. The van der Waals surface area contributed by atoms with Crippen molar-refractivity contribution in [1.29, 1.82) is 0 Å². The Kier molecular flexibility index (Phi) is 3.89. The van der Waals surface area contributed by atoms with E-state index in [0.29, 0.717) is 5.84 Å². The van der Waals surface area contributed by atoms with Gasteiger partial charge < -0.3 is 16.0 Å². The Labute approximate surface area is 158 Å². The van der Waals surface area contributed by atoms with E-state index in [2.05, 4.69) is 15.3 Å². The number of fused-ring (bicyclic) bond motifs is 1. The number of nitrogens with two attached hydrogens (primary N) is 2. The molecule has 0 radical (unpaired) electrons. The molecule has 2 heterocycles. The zero-order chi connectivity index (χ0) is 19.2. The number of nitrogens with one attached hydrogen (secondary N) is 1. The van der Waals surface area contributed by atoms with Crippen molar-refractivity contribution in [3.8, 4) is 0 Å². The average molecular weight is 361 g/mol. The largest absolute Gasteiger partial charge is 0.384 e. The van der Waals surface area contributed by atoms with E-state index in [1.54, 1.807) is 6.08 Å². The van der Waals surface area contributed by atoms with E-state index in [9.17, 15) is 0 Å². The fraction of sp³-hybridized carbons (Fsp3) is 0.200. The molecule has 0 saturated heterocycles. The molecule has 1 aliphatic heterocycles. The number of aromatic nitrogens is 2. The molecule has 5 N–H and O–H groups in total. The molecule has 0 bridgehead atoms. The van der Waals surface area contributed by atoms with Crippen molar-refractivity contribution < 1.29 is 0 Å². The molecule has 4 rings (SSSR count). The van der Waals surface area contributed by atoms with Crippen LogP contribution in [0.2, 0.25) is 0 Å². The maximum atomic E-state index is 6.62. The highest BCUT2D eigenvalue weighted by molar-refractivity contribution is 5.98. The number of hydrogen-bond acceptors (Lipinski definition) is 6. The number of rotatable bonds is 3. The third-order valence-electron chi connectivity index (χ3n) is 4.70. The summed E-state index contributed by atoms with van der Waals surface area (Å²) in [6.45, 7) is 1.95. The Morgan fingerprint density at radius 1 is 1.07 bits per heavy atom. The minimum absolute atomic E-state index is 0.361. The second-order valence-corrected chi connectivity index (χ2v) is 6.88. The van der Waals surface area contributed by atoms with Crippen LogP contribution in [0, 0.1) is 6.92 Å². The van der Waals surface area contributed by atoms with Gasteiger partial charge in [0.05, 0.1) is 11.0 Å². The molecule has 138 valence electrons. The topological polar surface area (TPSA) is 97.5 Å². The van der Waals surface area contributed by atoms with Gasteiger partial charge >= 0.3 is 0 Å². The van der Waals surface area contributed by atoms with Gasteiger partial charge in [-0.2, -0.15) is 0 Å². The van der Waals surface area contributed by atoms with Crippen LogP contribution in [-0.4, -0.2) is 29.5 Å². The Balaban J connectivity index is 1.77. The van der Waals surface area contributed by atoms with E-state index >= 15 is 0 Å². The van der Waals surface area contributed by atoms with Crippen molar-refractivity contribution in [3.05, 3.63) is 66.0 Å². The Bertz CT molecular complexity index is 1060. The number of imidazole rings is 1. The zero-order valence-corrected chi connectivity index (χ0v) is 15.6. The molecule has 27 heavy (non-hydrogen) atoms. The van der Waals surface area contributed by atoms with Crippen LogP contribution in [0.4, 0.5) is 5.69 Å². The smallest absolute Gasteiger partial charge is 0.212 e. The summed E-state index contributed by atoms with van der Waals surface area (Å²) >= 11 is 0.